The van der Waals surface area contributed by atoms with Gasteiger partial charge in [0.2, 0.25) is 6.10 Å². The zero-order chi connectivity index (χ0) is 13.1. The van der Waals surface area contributed by atoms with E-state index in [2.05, 4.69) is 4.74 Å². The van der Waals surface area contributed by atoms with Crippen LogP contribution in [0.25, 0.3) is 0 Å². The lowest BCUT2D eigenvalue weighted by Gasteiger charge is -2.16. The van der Waals surface area contributed by atoms with Crippen molar-refractivity contribution in [2.24, 2.45) is 0 Å². The zero-order valence-corrected chi connectivity index (χ0v) is 7.26. The molecule has 0 saturated carbocycles. The number of carboxylic acids is 2. The molecule has 3 N–H and O–H groups in total. The minimum absolute atomic E-state index is 2.14. The van der Waals surface area contributed by atoms with Gasteiger partial charge in [-0.25, -0.2) is 14.4 Å². The third kappa shape index (κ3) is 3.73. The predicted octanol–water partition coefficient (Wildman–Crippen LogP) is -1.01. The highest BCUT2D eigenvalue weighted by atomic mass is 19.4. The number of carbonyl (C=O) groups excluding carboxylic acids is 1. The second kappa shape index (κ2) is 4.79. The second-order valence-electron chi connectivity index (χ2n) is 2.44. The molecule has 0 fully saturated rings. The van der Waals surface area contributed by atoms with Crippen molar-refractivity contribution in [3.05, 3.63) is 0 Å². The molecule has 0 amide bonds. The first-order valence-electron chi connectivity index (χ1n) is 3.49. The Morgan fingerprint density at radius 3 is 1.75 bits per heavy atom. The molecule has 0 aromatic carbocycles. The molecule has 0 aliphatic carbocycles. The third-order valence-electron chi connectivity index (χ3n) is 1.25. The molecule has 0 radical (unpaired) electrons. The van der Waals surface area contributed by atoms with Gasteiger partial charge in [0.15, 0.2) is 6.10 Å². The summed E-state index contributed by atoms with van der Waals surface area (Å²) in [7, 11) is 0. The number of rotatable bonds is 4. The summed E-state index contributed by atoms with van der Waals surface area (Å²) in [4.78, 5) is 30.5. The molecule has 10 heteroatoms. The van der Waals surface area contributed by atoms with E-state index in [-0.39, 0.29) is 0 Å². The van der Waals surface area contributed by atoms with Gasteiger partial charge in [-0.05, 0) is 0 Å². The predicted molar refractivity (Wildman–Crippen MR) is 37.2 cm³/mol. The molecular weight excluding hydrogens is 241 g/mol. The lowest BCUT2D eigenvalue weighted by Crippen LogP contribution is -2.45. The first-order chi connectivity index (χ1) is 7.07. The van der Waals surface area contributed by atoms with Crippen LogP contribution in [0.5, 0.6) is 0 Å². The Bertz CT molecular complexity index is 310. The van der Waals surface area contributed by atoms with Crippen molar-refractivity contribution in [1.29, 1.82) is 0 Å². The summed E-state index contributed by atoms with van der Waals surface area (Å²) in [6.45, 7) is 0. The van der Waals surface area contributed by atoms with Crippen LogP contribution in [0.15, 0.2) is 0 Å². The van der Waals surface area contributed by atoms with Gasteiger partial charge in [-0.2, -0.15) is 13.2 Å². The number of aliphatic hydroxyl groups is 1. The van der Waals surface area contributed by atoms with Crippen LogP contribution in [0, 0.1) is 0 Å². The van der Waals surface area contributed by atoms with Crippen molar-refractivity contribution >= 4 is 17.9 Å². The van der Waals surface area contributed by atoms with Gasteiger partial charge in [-0.15, -0.1) is 0 Å². The second-order valence-corrected chi connectivity index (χ2v) is 2.44. The van der Waals surface area contributed by atoms with Gasteiger partial charge in [0, 0.05) is 0 Å². The van der Waals surface area contributed by atoms with Gasteiger partial charge in [-0.1, -0.05) is 0 Å². The third-order valence-corrected chi connectivity index (χ3v) is 1.25. The summed E-state index contributed by atoms with van der Waals surface area (Å²) in [5, 5.41) is 25.0. The SMILES string of the molecule is O=C(O)C(O)C(OC(=O)C(F)(F)F)C(=O)O. The van der Waals surface area contributed by atoms with Crippen LogP contribution in [-0.2, 0) is 19.1 Å². The van der Waals surface area contributed by atoms with Crippen molar-refractivity contribution in [2.75, 3.05) is 0 Å². The van der Waals surface area contributed by atoms with Crippen LogP contribution in [-0.4, -0.2) is 51.6 Å². The number of carbonyl (C=O) groups is 3. The molecule has 2 unspecified atom stereocenters. The Morgan fingerprint density at radius 2 is 1.50 bits per heavy atom. The molecule has 0 bridgehead atoms. The number of halogens is 3. The van der Waals surface area contributed by atoms with Crippen LogP contribution < -0.4 is 0 Å². The fraction of sp³-hybridized carbons (Fsp3) is 0.500. The molecule has 0 aliphatic rings. The number of aliphatic carboxylic acids is 2. The van der Waals surface area contributed by atoms with E-state index in [4.69, 9.17) is 15.3 Å². The maximum Gasteiger partial charge on any atom is 0.490 e. The normalized spacial score (nSPS) is 15.0. The topological polar surface area (TPSA) is 121 Å². The summed E-state index contributed by atoms with van der Waals surface area (Å²) in [6, 6.07) is 0. The van der Waals surface area contributed by atoms with Crippen LogP contribution in [0.2, 0.25) is 0 Å². The van der Waals surface area contributed by atoms with Crippen LogP contribution in [0.4, 0.5) is 13.2 Å². The molecule has 0 rings (SSSR count). The number of hydrogen-bond acceptors (Lipinski definition) is 5. The Balaban J connectivity index is 4.79. The number of hydrogen-bond donors (Lipinski definition) is 3. The van der Waals surface area contributed by atoms with Crippen LogP contribution >= 0.6 is 0 Å². The molecule has 0 aromatic rings. The van der Waals surface area contributed by atoms with Gasteiger partial charge in [-0.3, -0.25) is 0 Å². The summed E-state index contributed by atoms with van der Waals surface area (Å²) in [5.41, 5.74) is 0. The van der Waals surface area contributed by atoms with Crippen molar-refractivity contribution in [1.82, 2.24) is 0 Å². The van der Waals surface area contributed by atoms with E-state index < -0.39 is 36.3 Å². The Labute approximate surface area is 85.0 Å². The van der Waals surface area contributed by atoms with Crippen molar-refractivity contribution in [3.8, 4) is 0 Å². The summed E-state index contributed by atoms with van der Waals surface area (Å²) >= 11 is 0. The average Bonchev–Trinajstić information content (AvgIpc) is 2.10. The summed E-state index contributed by atoms with van der Waals surface area (Å²) in [6.07, 6.45) is -11.1. The molecule has 2 atom stereocenters. The van der Waals surface area contributed by atoms with E-state index in [0.29, 0.717) is 0 Å². The fourth-order valence-electron chi connectivity index (χ4n) is 0.562. The fourth-order valence-corrected chi connectivity index (χ4v) is 0.562. The first-order valence-corrected chi connectivity index (χ1v) is 3.49. The zero-order valence-electron chi connectivity index (χ0n) is 7.26. The number of carboxylic acid groups (broad SMARTS) is 2. The maximum absolute atomic E-state index is 11.6. The lowest BCUT2D eigenvalue weighted by molar-refractivity contribution is -0.213. The molecule has 7 nitrogen and oxygen atoms in total. The molecular formula is C6H5F3O7. The monoisotopic (exact) mass is 246 g/mol. The van der Waals surface area contributed by atoms with Gasteiger partial charge in [0.05, 0.1) is 0 Å². The number of aliphatic hydroxyl groups excluding tert-OH is 1. The van der Waals surface area contributed by atoms with E-state index in [0.717, 1.165) is 0 Å². The van der Waals surface area contributed by atoms with E-state index in [1.165, 1.54) is 0 Å². The number of esters is 1. The standard InChI is InChI=1S/C6H5F3O7/c7-6(8,9)5(15)16-2(4(13)14)1(10)3(11)12/h1-2,10H,(H,11,12)(H,13,14). The molecule has 92 valence electrons. The van der Waals surface area contributed by atoms with Crippen molar-refractivity contribution in [2.45, 2.75) is 18.4 Å². The highest BCUT2D eigenvalue weighted by Crippen LogP contribution is 2.18. The minimum atomic E-state index is -5.48. The quantitative estimate of drug-likeness (QED) is 0.543. The van der Waals surface area contributed by atoms with E-state index in [1.807, 2.05) is 0 Å². The molecule has 0 heterocycles. The molecule has 0 aromatic heterocycles. The van der Waals surface area contributed by atoms with Crippen LogP contribution in [0.3, 0.4) is 0 Å². The smallest absolute Gasteiger partial charge is 0.479 e. The number of ether oxygens (including phenoxy) is 1. The highest BCUT2D eigenvalue weighted by molar-refractivity contribution is 5.86. The average molecular weight is 246 g/mol. The van der Waals surface area contributed by atoms with E-state index in [1.54, 1.807) is 0 Å². The molecule has 0 aliphatic heterocycles. The van der Waals surface area contributed by atoms with E-state index in [9.17, 15) is 27.6 Å². The van der Waals surface area contributed by atoms with E-state index >= 15 is 0 Å². The van der Waals surface area contributed by atoms with Crippen LogP contribution in [0.1, 0.15) is 0 Å². The van der Waals surface area contributed by atoms with Crippen molar-refractivity contribution in [3.63, 3.8) is 0 Å². The number of alkyl halides is 3. The molecule has 0 spiro atoms. The van der Waals surface area contributed by atoms with Gasteiger partial charge < -0.3 is 20.1 Å². The Hall–Kier alpha value is -1.84. The summed E-state index contributed by atoms with van der Waals surface area (Å²) in [5.74, 6) is -7.25. The molecule has 0 saturated heterocycles. The largest absolute Gasteiger partial charge is 0.490 e. The molecule has 16 heavy (non-hydrogen) atoms. The minimum Gasteiger partial charge on any atom is -0.479 e. The Morgan fingerprint density at radius 1 is 1.06 bits per heavy atom. The highest BCUT2D eigenvalue weighted by Gasteiger charge is 2.46. The first kappa shape index (κ1) is 14.2. The van der Waals surface area contributed by atoms with Gasteiger partial charge in [0.1, 0.15) is 0 Å². The van der Waals surface area contributed by atoms with Crippen molar-refractivity contribution < 1.29 is 47.6 Å². The lowest BCUT2D eigenvalue weighted by atomic mass is 10.2. The summed E-state index contributed by atoms with van der Waals surface area (Å²) < 4.78 is 38.2. The maximum atomic E-state index is 11.6. The Kier molecular flexibility index (Phi) is 4.24. The van der Waals surface area contributed by atoms with Gasteiger partial charge in [0.25, 0.3) is 0 Å². The van der Waals surface area contributed by atoms with Gasteiger partial charge >= 0.3 is 24.1 Å².